The maximum absolute atomic E-state index is 12.0. The Labute approximate surface area is 164 Å². The van der Waals surface area contributed by atoms with Gasteiger partial charge in [0, 0.05) is 4.90 Å². The Morgan fingerprint density at radius 1 is 1.22 bits per heavy atom. The van der Waals surface area contributed by atoms with E-state index in [4.69, 9.17) is 9.47 Å². The van der Waals surface area contributed by atoms with Gasteiger partial charge in [0.2, 0.25) is 0 Å². The largest absolute Gasteiger partial charge is 0.467 e. The lowest BCUT2D eigenvalue weighted by Crippen LogP contribution is -2.47. The fraction of sp³-hybridized carbons (Fsp3) is 0.550. The van der Waals surface area contributed by atoms with Crippen LogP contribution in [0, 0.1) is 5.92 Å². The van der Waals surface area contributed by atoms with Crippen LogP contribution in [0.15, 0.2) is 23.1 Å². The van der Waals surface area contributed by atoms with Crippen molar-refractivity contribution < 1.29 is 23.9 Å². The fourth-order valence-electron chi connectivity index (χ4n) is 2.98. The summed E-state index contributed by atoms with van der Waals surface area (Å²) >= 11 is 1.40. The molecule has 1 aliphatic rings. The average Bonchev–Trinajstić information content (AvgIpc) is 3.15. The van der Waals surface area contributed by atoms with E-state index >= 15 is 0 Å². The van der Waals surface area contributed by atoms with Crippen molar-refractivity contribution in [3.63, 3.8) is 0 Å². The number of aryl methyl sites for hydroxylation is 2. The zero-order chi connectivity index (χ0) is 19.8. The number of rotatable bonds is 9. The third-order valence-electron chi connectivity index (χ3n) is 4.78. The molecule has 1 N–H and O–H groups in total. The zero-order valence-electron chi connectivity index (χ0n) is 16.1. The zero-order valence-corrected chi connectivity index (χ0v) is 16.9. The number of carbonyl (C=O) groups excluding carboxylic acids is 3. The summed E-state index contributed by atoms with van der Waals surface area (Å²) in [6.07, 6.45) is 4.10. The molecule has 0 radical (unpaired) electrons. The van der Waals surface area contributed by atoms with Crippen molar-refractivity contribution in [2.24, 2.45) is 5.92 Å². The van der Waals surface area contributed by atoms with Crippen LogP contribution in [0.1, 0.15) is 37.8 Å². The average molecular weight is 394 g/mol. The first-order valence-electron chi connectivity index (χ1n) is 9.22. The number of fused-ring (bicyclic) bond motifs is 1. The molecular formula is C20H27NO5S. The van der Waals surface area contributed by atoms with Crippen LogP contribution in [0.3, 0.4) is 0 Å². The molecule has 1 aromatic carbocycles. The number of thioether (sulfide) groups is 1. The lowest BCUT2D eigenvalue weighted by atomic mass is 9.99. The molecule has 2 rings (SSSR count). The summed E-state index contributed by atoms with van der Waals surface area (Å²) < 4.78 is 9.74. The van der Waals surface area contributed by atoms with Gasteiger partial charge in [0.15, 0.2) is 6.61 Å². The van der Waals surface area contributed by atoms with Gasteiger partial charge in [-0.2, -0.15) is 0 Å². The summed E-state index contributed by atoms with van der Waals surface area (Å²) in [5, 5.41) is 2.58. The molecular weight excluding hydrogens is 366 g/mol. The third-order valence-corrected chi connectivity index (χ3v) is 5.74. The van der Waals surface area contributed by atoms with Gasteiger partial charge in [0.05, 0.1) is 12.9 Å². The van der Waals surface area contributed by atoms with Crippen LogP contribution < -0.4 is 5.32 Å². The molecule has 27 heavy (non-hydrogen) atoms. The van der Waals surface area contributed by atoms with Crippen molar-refractivity contribution >= 4 is 29.6 Å². The number of ether oxygens (including phenoxy) is 2. The first kappa shape index (κ1) is 21.3. The molecule has 148 valence electrons. The van der Waals surface area contributed by atoms with Gasteiger partial charge >= 0.3 is 11.9 Å². The van der Waals surface area contributed by atoms with Gasteiger partial charge in [-0.05, 0) is 48.4 Å². The Balaban J connectivity index is 1.75. The normalized spacial score (nSPS) is 14.8. The van der Waals surface area contributed by atoms with Crippen molar-refractivity contribution in [1.82, 2.24) is 5.32 Å². The molecule has 0 aliphatic heterocycles. The van der Waals surface area contributed by atoms with Gasteiger partial charge in [0.1, 0.15) is 6.04 Å². The van der Waals surface area contributed by atoms with E-state index in [1.54, 1.807) is 0 Å². The maximum atomic E-state index is 12.0. The van der Waals surface area contributed by atoms with E-state index < -0.39 is 30.5 Å². The highest BCUT2D eigenvalue weighted by molar-refractivity contribution is 8.00. The SMILES string of the molecule is CC[C@H](C)[C@H](NC(=O)COC(=O)CSc1ccc2c(c1)CCC2)C(=O)OC. The van der Waals surface area contributed by atoms with Crippen molar-refractivity contribution in [3.05, 3.63) is 29.3 Å². The highest BCUT2D eigenvalue weighted by atomic mass is 32.2. The molecule has 7 heteroatoms. The van der Waals surface area contributed by atoms with Gasteiger partial charge in [-0.15, -0.1) is 11.8 Å². The molecule has 0 aromatic heterocycles. The van der Waals surface area contributed by atoms with Crippen molar-refractivity contribution in [3.8, 4) is 0 Å². The molecule has 0 bridgehead atoms. The molecule has 0 spiro atoms. The Hall–Kier alpha value is -2.02. The highest BCUT2D eigenvalue weighted by Gasteiger charge is 2.26. The van der Waals surface area contributed by atoms with Crippen LogP contribution in [-0.4, -0.2) is 43.4 Å². The van der Waals surface area contributed by atoms with Crippen molar-refractivity contribution in [2.75, 3.05) is 19.5 Å². The molecule has 0 unspecified atom stereocenters. The predicted octanol–water partition coefficient (Wildman–Crippen LogP) is 2.51. The van der Waals surface area contributed by atoms with E-state index in [9.17, 15) is 14.4 Å². The van der Waals surface area contributed by atoms with E-state index in [2.05, 4.69) is 17.4 Å². The quantitative estimate of drug-likeness (QED) is 0.513. The summed E-state index contributed by atoms with van der Waals surface area (Å²) in [7, 11) is 1.28. The topological polar surface area (TPSA) is 81.7 Å². The highest BCUT2D eigenvalue weighted by Crippen LogP contribution is 2.27. The second kappa shape index (κ2) is 10.3. The Bertz CT molecular complexity index is 691. The standard InChI is InChI=1S/C20H27NO5S/c1-4-13(2)19(20(24)25-3)21-17(22)11-26-18(23)12-27-16-9-8-14-6-5-7-15(14)10-16/h8-10,13,19H,4-7,11-12H2,1-3H3,(H,21,22)/t13-,19-/m0/s1. The lowest BCUT2D eigenvalue weighted by Gasteiger charge is -2.21. The number of benzene rings is 1. The van der Waals surface area contributed by atoms with E-state index in [0.717, 1.165) is 17.7 Å². The number of hydrogen-bond acceptors (Lipinski definition) is 6. The summed E-state index contributed by atoms with van der Waals surface area (Å²) in [6.45, 7) is 3.36. The van der Waals surface area contributed by atoms with Crippen LogP contribution >= 0.6 is 11.8 Å². The second-order valence-electron chi connectivity index (χ2n) is 6.69. The van der Waals surface area contributed by atoms with Crippen LogP contribution in [0.25, 0.3) is 0 Å². The van der Waals surface area contributed by atoms with E-state index in [0.29, 0.717) is 6.42 Å². The summed E-state index contributed by atoms with van der Waals surface area (Å²) in [5.74, 6) is -1.42. The molecule has 0 saturated carbocycles. The molecule has 1 aliphatic carbocycles. The molecule has 0 saturated heterocycles. The smallest absolute Gasteiger partial charge is 0.328 e. The van der Waals surface area contributed by atoms with Crippen LogP contribution in [0.5, 0.6) is 0 Å². The minimum absolute atomic E-state index is 0.0764. The minimum atomic E-state index is -0.744. The van der Waals surface area contributed by atoms with Gasteiger partial charge in [-0.1, -0.05) is 26.3 Å². The summed E-state index contributed by atoms with van der Waals surface area (Å²) in [5.41, 5.74) is 2.74. The molecule has 0 heterocycles. The number of nitrogens with one attached hydrogen (secondary N) is 1. The van der Waals surface area contributed by atoms with Crippen LogP contribution in [0.4, 0.5) is 0 Å². The van der Waals surface area contributed by atoms with Gasteiger partial charge in [-0.3, -0.25) is 9.59 Å². The van der Waals surface area contributed by atoms with E-state index in [1.807, 2.05) is 19.9 Å². The Morgan fingerprint density at radius 3 is 2.67 bits per heavy atom. The first-order valence-corrected chi connectivity index (χ1v) is 10.2. The molecule has 2 atom stereocenters. The molecule has 1 aromatic rings. The third kappa shape index (κ3) is 6.27. The number of amides is 1. The summed E-state index contributed by atoms with van der Waals surface area (Å²) in [6, 6.07) is 5.51. The maximum Gasteiger partial charge on any atom is 0.328 e. The molecule has 6 nitrogen and oxygen atoms in total. The van der Waals surface area contributed by atoms with Crippen LogP contribution in [0.2, 0.25) is 0 Å². The Morgan fingerprint density at radius 2 is 1.96 bits per heavy atom. The number of hydrogen-bond donors (Lipinski definition) is 1. The number of esters is 2. The minimum Gasteiger partial charge on any atom is -0.467 e. The lowest BCUT2D eigenvalue weighted by molar-refractivity contribution is -0.149. The summed E-state index contributed by atoms with van der Waals surface area (Å²) in [4.78, 5) is 36.7. The molecule has 1 amide bonds. The van der Waals surface area contributed by atoms with Crippen LogP contribution in [-0.2, 0) is 36.7 Å². The monoisotopic (exact) mass is 393 g/mol. The predicted molar refractivity (Wildman–Crippen MR) is 104 cm³/mol. The molecule has 0 fully saturated rings. The van der Waals surface area contributed by atoms with Gasteiger partial charge in [-0.25, -0.2) is 4.79 Å². The van der Waals surface area contributed by atoms with Crippen molar-refractivity contribution in [1.29, 1.82) is 0 Å². The number of carbonyl (C=O) groups is 3. The Kier molecular flexibility index (Phi) is 8.16. The van der Waals surface area contributed by atoms with Gasteiger partial charge in [0.25, 0.3) is 5.91 Å². The fourth-order valence-corrected chi connectivity index (χ4v) is 3.74. The first-order chi connectivity index (χ1) is 12.9. The number of methoxy groups -OCH3 is 1. The van der Waals surface area contributed by atoms with Gasteiger partial charge < -0.3 is 14.8 Å². The second-order valence-corrected chi connectivity index (χ2v) is 7.74. The van der Waals surface area contributed by atoms with E-state index in [-0.39, 0.29) is 11.7 Å². The van der Waals surface area contributed by atoms with E-state index in [1.165, 1.54) is 36.4 Å². The van der Waals surface area contributed by atoms with Crippen molar-refractivity contribution in [2.45, 2.75) is 50.5 Å².